The van der Waals surface area contributed by atoms with Crippen molar-refractivity contribution in [3.8, 4) is 0 Å². The highest BCUT2D eigenvalue weighted by Crippen LogP contribution is 2.29. The van der Waals surface area contributed by atoms with E-state index in [0.29, 0.717) is 12.0 Å². The average molecular weight is 193 g/mol. The summed E-state index contributed by atoms with van der Waals surface area (Å²) in [5, 5.41) is 3.06. The summed E-state index contributed by atoms with van der Waals surface area (Å²) in [5.41, 5.74) is 0. The maximum Gasteiger partial charge on any atom is 0.223 e. The lowest BCUT2D eigenvalue weighted by molar-refractivity contribution is -0.123. The van der Waals surface area contributed by atoms with Crippen molar-refractivity contribution in [2.45, 2.75) is 38.6 Å². The van der Waals surface area contributed by atoms with E-state index < -0.39 is 0 Å². The van der Waals surface area contributed by atoms with Crippen LogP contribution in [-0.4, -0.2) is 11.9 Å². The van der Waals surface area contributed by atoms with Crippen LogP contribution in [0.1, 0.15) is 32.6 Å². The third-order valence-electron chi connectivity index (χ3n) is 2.48. The highest BCUT2D eigenvalue weighted by molar-refractivity contribution is 5.81. The molecule has 0 aromatic heterocycles. The molecule has 1 N–H and O–H groups in total. The van der Waals surface area contributed by atoms with E-state index in [9.17, 15) is 4.79 Å². The summed E-state index contributed by atoms with van der Waals surface area (Å²) < 4.78 is 0. The molecule has 1 fully saturated rings. The predicted octanol–water partition coefficient (Wildman–Crippen LogP) is 2.42. The molecule has 2 heteroatoms. The summed E-state index contributed by atoms with van der Waals surface area (Å²) in [6, 6.07) is 0.291. The SMILES string of the molecule is C=CC=CCC(CC)NC(=O)C1CC1. The van der Waals surface area contributed by atoms with E-state index in [-0.39, 0.29) is 5.91 Å². The van der Waals surface area contributed by atoms with Crippen LogP contribution in [0.4, 0.5) is 0 Å². The summed E-state index contributed by atoms with van der Waals surface area (Å²) >= 11 is 0. The quantitative estimate of drug-likeness (QED) is 0.645. The Hall–Kier alpha value is -1.05. The van der Waals surface area contributed by atoms with Crippen LogP contribution in [0.3, 0.4) is 0 Å². The van der Waals surface area contributed by atoms with E-state index in [2.05, 4.69) is 18.8 Å². The second-order valence-electron chi connectivity index (χ2n) is 3.79. The van der Waals surface area contributed by atoms with E-state index in [1.807, 2.05) is 12.2 Å². The number of amides is 1. The molecule has 0 radical (unpaired) electrons. The van der Waals surface area contributed by atoms with Crippen LogP contribution in [0.2, 0.25) is 0 Å². The zero-order chi connectivity index (χ0) is 10.4. The molecule has 14 heavy (non-hydrogen) atoms. The van der Waals surface area contributed by atoms with Gasteiger partial charge in [0.1, 0.15) is 0 Å². The largest absolute Gasteiger partial charge is 0.353 e. The van der Waals surface area contributed by atoms with E-state index in [0.717, 1.165) is 25.7 Å². The lowest BCUT2D eigenvalue weighted by Crippen LogP contribution is -2.34. The molecule has 1 atom stereocenters. The molecular formula is C12H19NO. The van der Waals surface area contributed by atoms with Gasteiger partial charge < -0.3 is 5.32 Å². The highest BCUT2D eigenvalue weighted by atomic mass is 16.2. The van der Waals surface area contributed by atoms with E-state index in [4.69, 9.17) is 0 Å². The van der Waals surface area contributed by atoms with Crippen molar-refractivity contribution in [3.05, 3.63) is 24.8 Å². The third-order valence-corrected chi connectivity index (χ3v) is 2.48. The normalized spacial score (nSPS) is 18.1. The molecule has 1 saturated carbocycles. The van der Waals surface area contributed by atoms with Crippen molar-refractivity contribution in [3.63, 3.8) is 0 Å². The first-order valence-electron chi connectivity index (χ1n) is 5.35. The van der Waals surface area contributed by atoms with Crippen molar-refractivity contribution in [2.75, 3.05) is 0 Å². The second-order valence-corrected chi connectivity index (χ2v) is 3.79. The number of hydrogen-bond donors (Lipinski definition) is 1. The number of carbonyl (C=O) groups is 1. The maximum atomic E-state index is 11.5. The van der Waals surface area contributed by atoms with Crippen molar-refractivity contribution in [1.29, 1.82) is 0 Å². The average Bonchev–Trinajstić information content (AvgIpc) is 2.99. The minimum atomic E-state index is 0.240. The van der Waals surface area contributed by atoms with Gasteiger partial charge in [-0.25, -0.2) is 0 Å². The minimum Gasteiger partial charge on any atom is -0.353 e. The number of hydrogen-bond acceptors (Lipinski definition) is 1. The van der Waals surface area contributed by atoms with Gasteiger partial charge in [-0.1, -0.05) is 31.7 Å². The summed E-state index contributed by atoms with van der Waals surface area (Å²) in [6.45, 7) is 5.71. The summed E-state index contributed by atoms with van der Waals surface area (Å²) in [5.74, 6) is 0.552. The Morgan fingerprint density at radius 1 is 1.64 bits per heavy atom. The molecule has 0 aromatic rings. The number of rotatable bonds is 6. The van der Waals surface area contributed by atoms with Crippen LogP contribution in [0.5, 0.6) is 0 Å². The molecule has 0 aliphatic heterocycles. The summed E-state index contributed by atoms with van der Waals surface area (Å²) in [4.78, 5) is 11.5. The standard InChI is InChI=1S/C12H19NO/c1-3-5-6-7-11(4-2)13-12(14)10-8-9-10/h3,5-6,10-11H,1,4,7-9H2,2H3,(H,13,14). The van der Waals surface area contributed by atoms with Crippen molar-refractivity contribution in [1.82, 2.24) is 5.32 Å². The number of carbonyl (C=O) groups excluding carboxylic acids is 1. The molecule has 1 aliphatic rings. The Kier molecular flexibility index (Phi) is 4.44. The monoisotopic (exact) mass is 193 g/mol. The van der Waals surface area contributed by atoms with Gasteiger partial charge in [0.05, 0.1) is 0 Å². The van der Waals surface area contributed by atoms with Crippen molar-refractivity contribution >= 4 is 5.91 Å². The minimum absolute atomic E-state index is 0.240. The van der Waals surface area contributed by atoms with Crippen LogP contribution in [0.25, 0.3) is 0 Å². The Morgan fingerprint density at radius 2 is 2.36 bits per heavy atom. The molecule has 0 aromatic carbocycles. The van der Waals surface area contributed by atoms with E-state index in [1.165, 1.54) is 0 Å². The Labute approximate surface area is 86.1 Å². The van der Waals surface area contributed by atoms with Crippen LogP contribution in [0, 0.1) is 5.92 Å². The van der Waals surface area contributed by atoms with Gasteiger partial charge in [-0.3, -0.25) is 4.79 Å². The molecule has 0 bridgehead atoms. The Morgan fingerprint density at radius 3 is 2.86 bits per heavy atom. The van der Waals surface area contributed by atoms with E-state index >= 15 is 0 Å². The lowest BCUT2D eigenvalue weighted by atomic mass is 10.1. The fourth-order valence-electron chi connectivity index (χ4n) is 1.33. The second kappa shape index (κ2) is 5.63. The molecule has 1 aliphatic carbocycles. The molecule has 0 heterocycles. The van der Waals surface area contributed by atoms with Gasteiger partial charge in [0, 0.05) is 12.0 Å². The fraction of sp³-hybridized carbons (Fsp3) is 0.583. The van der Waals surface area contributed by atoms with Crippen LogP contribution >= 0.6 is 0 Å². The first-order chi connectivity index (χ1) is 6.77. The van der Waals surface area contributed by atoms with Gasteiger partial charge in [0.2, 0.25) is 5.91 Å². The van der Waals surface area contributed by atoms with Crippen molar-refractivity contribution in [2.24, 2.45) is 5.92 Å². The molecule has 78 valence electrons. The molecule has 0 spiro atoms. The Balaban J connectivity index is 2.25. The number of nitrogens with one attached hydrogen (secondary N) is 1. The first-order valence-corrected chi connectivity index (χ1v) is 5.35. The van der Waals surface area contributed by atoms with Crippen LogP contribution in [0.15, 0.2) is 24.8 Å². The predicted molar refractivity (Wildman–Crippen MR) is 58.9 cm³/mol. The molecule has 1 unspecified atom stereocenters. The molecule has 1 rings (SSSR count). The smallest absolute Gasteiger partial charge is 0.223 e. The molecular weight excluding hydrogens is 174 g/mol. The van der Waals surface area contributed by atoms with Crippen LogP contribution < -0.4 is 5.32 Å². The van der Waals surface area contributed by atoms with Gasteiger partial charge in [0.15, 0.2) is 0 Å². The highest BCUT2D eigenvalue weighted by Gasteiger charge is 2.30. The topological polar surface area (TPSA) is 29.1 Å². The maximum absolute atomic E-state index is 11.5. The van der Waals surface area contributed by atoms with Gasteiger partial charge >= 0.3 is 0 Å². The van der Waals surface area contributed by atoms with Gasteiger partial charge in [-0.2, -0.15) is 0 Å². The third kappa shape index (κ3) is 3.77. The van der Waals surface area contributed by atoms with Gasteiger partial charge in [-0.05, 0) is 25.7 Å². The van der Waals surface area contributed by atoms with E-state index in [1.54, 1.807) is 6.08 Å². The number of allylic oxidation sites excluding steroid dienone is 2. The zero-order valence-corrected chi connectivity index (χ0v) is 8.83. The van der Waals surface area contributed by atoms with Gasteiger partial charge in [-0.15, -0.1) is 0 Å². The Bertz CT molecular complexity index is 228. The zero-order valence-electron chi connectivity index (χ0n) is 8.83. The molecule has 0 saturated heterocycles. The van der Waals surface area contributed by atoms with Crippen molar-refractivity contribution < 1.29 is 4.79 Å². The van der Waals surface area contributed by atoms with Crippen LogP contribution in [-0.2, 0) is 4.79 Å². The lowest BCUT2D eigenvalue weighted by Gasteiger charge is -2.14. The van der Waals surface area contributed by atoms with Gasteiger partial charge in [0.25, 0.3) is 0 Å². The molecule has 2 nitrogen and oxygen atoms in total. The summed E-state index contributed by atoms with van der Waals surface area (Å²) in [6.07, 6.45) is 9.77. The fourth-order valence-corrected chi connectivity index (χ4v) is 1.33. The first kappa shape index (κ1) is 11.0. The molecule has 1 amide bonds. The summed E-state index contributed by atoms with van der Waals surface area (Å²) in [7, 11) is 0.